The molecule has 0 bridgehead atoms. The van der Waals surface area contributed by atoms with Crippen LogP contribution in [0, 0.1) is 5.92 Å². The summed E-state index contributed by atoms with van der Waals surface area (Å²) in [7, 11) is 1.33. The Morgan fingerprint density at radius 3 is 2.43 bits per heavy atom. The van der Waals surface area contributed by atoms with Crippen molar-refractivity contribution in [3.63, 3.8) is 0 Å². The van der Waals surface area contributed by atoms with Gasteiger partial charge in [-0.15, -0.1) is 0 Å². The molecule has 0 fully saturated rings. The second-order valence-corrected chi connectivity index (χ2v) is 5.10. The summed E-state index contributed by atoms with van der Waals surface area (Å²) in [6.07, 6.45) is 0.983. The van der Waals surface area contributed by atoms with E-state index in [2.05, 4.69) is 5.32 Å². The van der Waals surface area contributed by atoms with E-state index in [1.807, 2.05) is 38.1 Å². The van der Waals surface area contributed by atoms with E-state index in [9.17, 15) is 9.59 Å². The highest BCUT2D eigenvalue weighted by molar-refractivity contribution is 5.86. The van der Waals surface area contributed by atoms with Crippen LogP contribution < -0.4 is 11.1 Å². The lowest BCUT2D eigenvalue weighted by Crippen LogP contribution is -2.46. The Morgan fingerprint density at radius 1 is 1.29 bits per heavy atom. The highest BCUT2D eigenvalue weighted by Gasteiger charge is 2.26. The first-order valence-corrected chi connectivity index (χ1v) is 7.17. The van der Waals surface area contributed by atoms with Gasteiger partial charge in [-0.3, -0.25) is 4.79 Å². The molecular weight excluding hydrogens is 268 g/mol. The van der Waals surface area contributed by atoms with Crippen LogP contribution in [0.25, 0.3) is 0 Å². The fourth-order valence-electron chi connectivity index (χ4n) is 2.12. The summed E-state index contributed by atoms with van der Waals surface area (Å²) in [5.41, 5.74) is 7.48. The number of hydrogen-bond donors (Lipinski definition) is 2. The highest BCUT2D eigenvalue weighted by Crippen LogP contribution is 2.12. The maximum Gasteiger partial charge on any atom is 0.328 e. The first-order valence-electron chi connectivity index (χ1n) is 7.17. The molecule has 21 heavy (non-hydrogen) atoms. The summed E-state index contributed by atoms with van der Waals surface area (Å²) in [5.74, 6) is -0.595. The number of benzene rings is 1. The molecule has 0 radical (unpaired) electrons. The Morgan fingerprint density at radius 2 is 1.90 bits per heavy atom. The van der Waals surface area contributed by atoms with Gasteiger partial charge >= 0.3 is 5.97 Å². The van der Waals surface area contributed by atoms with Gasteiger partial charge in [0.15, 0.2) is 0 Å². The van der Waals surface area contributed by atoms with Crippen molar-refractivity contribution in [3.8, 4) is 0 Å². The first kappa shape index (κ1) is 17.2. The normalized spacial score (nSPS) is 13.3. The van der Waals surface area contributed by atoms with Crippen LogP contribution >= 0.6 is 0 Å². The zero-order valence-corrected chi connectivity index (χ0v) is 12.9. The number of rotatable bonds is 7. The van der Waals surface area contributed by atoms with Crippen LogP contribution in [0.2, 0.25) is 0 Å². The van der Waals surface area contributed by atoms with Gasteiger partial charge in [0, 0.05) is 6.54 Å². The average molecular weight is 292 g/mol. The van der Waals surface area contributed by atoms with Gasteiger partial charge in [0.1, 0.15) is 6.04 Å². The Labute approximate surface area is 125 Å². The molecule has 0 spiro atoms. The Kier molecular flexibility index (Phi) is 6.88. The highest BCUT2D eigenvalue weighted by atomic mass is 16.5. The number of amides is 1. The maximum atomic E-state index is 12.2. The van der Waals surface area contributed by atoms with Crippen molar-refractivity contribution in [2.75, 3.05) is 7.11 Å². The van der Waals surface area contributed by atoms with Gasteiger partial charge < -0.3 is 15.8 Å². The molecule has 0 aliphatic heterocycles. The fourth-order valence-corrected chi connectivity index (χ4v) is 2.12. The Hall–Kier alpha value is -1.88. The number of nitrogens with two attached hydrogens (primary N) is 1. The van der Waals surface area contributed by atoms with Gasteiger partial charge in [0.05, 0.1) is 13.5 Å². The molecule has 116 valence electrons. The lowest BCUT2D eigenvalue weighted by atomic mass is 9.98. The van der Waals surface area contributed by atoms with Crippen molar-refractivity contribution in [2.45, 2.75) is 39.3 Å². The van der Waals surface area contributed by atoms with E-state index in [1.54, 1.807) is 0 Å². The van der Waals surface area contributed by atoms with Crippen molar-refractivity contribution < 1.29 is 14.3 Å². The van der Waals surface area contributed by atoms with E-state index in [4.69, 9.17) is 10.5 Å². The third-order valence-electron chi connectivity index (χ3n) is 3.67. The third-order valence-corrected chi connectivity index (χ3v) is 3.67. The van der Waals surface area contributed by atoms with Crippen LogP contribution in [0.1, 0.15) is 31.4 Å². The molecule has 0 aromatic heterocycles. The SMILES string of the molecule is CCC(C)C(NC(=O)Cc1ccccc1CN)C(=O)OC. The summed E-state index contributed by atoms with van der Waals surface area (Å²) in [5, 5.41) is 2.76. The van der Waals surface area contributed by atoms with Crippen LogP contribution in [0.4, 0.5) is 0 Å². The maximum absolute atomic E-state index is 12.2. The molecule has 3 N–H and O–H groups in total. The van der Waals surface area contributed by atoms with Gasteiger partial charge in [-0.2, -0.15) is 0 Å². The van der Waals surface area contributed by atoms with Crippen LogP contribution in [0.15, 0.2) is 24.3 Å². The van der Waals surface area contributed by atoms with E-state index < -0.39 is 12.0 Å². The van der Waals surface area contributed by atoms with Gasteiger partial charge in [-0.05, 0) is 17.0 Å². The lowest BCUT2D eigenvalue weighted by molar-refractivity contribution is -0.146. The van der Waals surface area contributed by atoms with Crippen LogP contribution in [-0.4, -0.2) is 25.0 Å². The Bertz CT molecular complexity index is 488. The minimum atomic E-state index is -0.613. The first-order chi connectivity index (χ1) is 10.0. The minimum absolute atomic E-state index is 0.0196. The topological polar surface area (TPSA) is 81.4 Å². The third kappa shape index (κ3) is 4.86. The summed E-state index contributed by atoms with van der Waals surface area (Å²) >= 11 is 0. The van der Waals surface area contributed by atoms with Crippen LogP contribution in [0.5, 0.6) is 0 Å². The zero-order chi connectivity index (χ0) is 15.8. The number of nitrogens with one attached hydrogen (secondary N) is 1. The van der Waals surface area contributed by atoms with E-state index in [-0.39, 0.29) is 18.2 Å². The summed E-state index contributed by atoms with van der Waals surface area (Å²) in [6, 6.07) is 6.92. The standard InChI is InChI=1S/C16H24N2O3/c1-4-11(2)15(16(20)21-3)18-14(19)9-12-7-5-6-8-13(12)10-17/h5-8,11,15H,4,9-10,17H2,1-3H3,(H,18,19). The van der Waals surface area contributed by atoms with Crippen molar-refractivity contribution in [1.82, 2.24) is 5.32 Å². The quantitative estimate of drug-likeness (QED) is 0.744. The minimum Gasteiger partial charge on any atom is -0.467 e. The second kappa shape index (κ2) is 8.42. The molecule has 1 amide bonds. The van der Waals surface area contributed by atoms with Gasteiger partial charge in [-0.25, -0.2) is 4.79 Å². The summed E-state index contributed by atoms with van der Waals surface area (Å²) in [6.45, 7) is 4.27. The van der Waals surface area contributed by atoms with Gasteiger partial charge in [0.25, 0.3) is 0 Å². The van der Waals surface area contributed by atoms with Crippen molar-refractivity contribution in [2.24, 2.45) is 11.7 Å². The molecule has 5 heteroatoms. The molecule has 1 rings (SSSR count). The van der Waals surface area contributed by atoms with Gasteiger partial charge in [0.2, 0.25) is 5.91 Å². The lowest BCUT2D eigenvalue weighted by Gasteiger charge is -2.22. The molecule has 0 aliphatic carbocycles. The summed E-state index contributed by atoms with van der Waals surface area (Å²) in [4.78, 5) is 23.9. The molecule has 0 heterocycles. The van der Waals surface area contributed by atoms with Gasteiger partial charge in [-0.1, -0.05) is 44.5 Å². The van der Waals surface area contributed by atoms with E-state index >= 15 is 0 Å². The summed E-state index contributed by atoms with van der Waals surface area (Å²) < 4.78 is 4.76. The predicted octanol–water partition coefficient (Wildman–Crippen LogP) is 1.39. The molecule has 2 unspecified atom stereocenters. The van der Waals surface area contributed by atoms with Crippen molar-refractivity contribution >= 4 is 11.9 Å². The zero-order valence-electron chi connectivity index (χ0n) is 12.9. The Balaban J connectivity index is 2.76. The van der Waals surface area contributed by atoms with E-state index in [0.29, 0.717) is 6.54 Å². The number of ether oxygens (including phenoxy) is 1. The molecule has 1 aromatic carbocycles. The van der Waals surface area contributed by atoms with Crippen molar-refractivity contribution in [1.29, 1.82) is 0 Å². The molecule has 5 nitrogen and oxygen atoms in total. The van der Waals surface area contributed by atoms with Crippen molar-refractivity contribution in [3.05, 3.63) is 35.4 Å². The van der Waals surface area contributed by atoms with Crippen LogP contribution in [-0.2, 0) is 27.3 Å². The molecule has 0 aliphatic rings. The predicted molar refractivity (Wildman–Crippen MR) is 81.4 cm³/mol. The van der Waals surface area contributed by atoms with Crippen LogP contribution in [0.3, 0.4) is 0 Å². The number of methoxy groups -OCH3 is 1. The number of hydrogen-bond acceptors (Lipinski definition) is 4. The number of esters is 1. The monoisotopic (exact) mass is 292 g/mol. The van der Waals surface area contributed by atoms with E-state index in [1.165, 1.54) is 7.11 Å². The second-order valence-electron chi connectivity index (χ2n) is 5.10. The van der Waals surface area contributed by atoms with E-state index in [0.717, 1.165) is 17.5 Å². The fraction of sp³-hybridized carbons (Fsp3) is 0.500. The average Bonchev–Trinajstić information content (AvgIpc) is 2.51. The smallest absolute Gasteiger partial charge is 0.328 e. The molecule has 0 saturated heterocycles. The largest absolute Gasteiger partial charge is 0.467 e. The molecule has 2 atom stereocenters. The molecule has 0 saturated carbocycles. The molecule has 1 aromatic rings. The number of carbonyl (C=O) groups excluding carboxylic acids is 2. The molecular formula is C16H24N2O3. The number of carbonyl (C=O) groups is 2.